The van der Waals surface area contributed by atoms with E-state index in [1.807, 2.05) is 0 Å². The van der Waals surface area contributed by atoms with E-state index in [1.165, 1.54) is 32.4 Å². The molecule has 0 aromatic heterocycles. The van der Waals surface area contributed by atoms with Gasteiger partial charge in [-0.2, -0.15) is 13.2 Å². The molecule has 0 saturated carbocycles. The number of ether oxygens (including phenoxy) is 2. The van der Waals surface area contributed by atoms with Gasteiger partial charge in [-0.3, -0.25) is 4.79 Å². The number of halogens is 3. The highest BCUT2D eigenvalue weighted by atomic mass is 32.2. The van der Waals surface area contributed by atoms with Crippen LogP contribution in [0.4, 0.5) is 18.9 Å². The molecule has 1 heterocycles. The van der Waals surface area contributed by atoms with E-state index in [0.717, 1.165) is 17.8 Å². The molecule has 1 aliphatic heterocycles. The molecule has 3 rings (SSSR count). The van der Waals surface area contributed by atoms with Gasteiger partial charge < -0.3 is 14.8 Å². The number of thioether (sulfide) groups is 1. The topological polar surface area (TPSA) is 59.9 Å². The molecule has 146 valence electrons. The third-order valence-electron chi connectivity index (χ3n) is 3.81. The van der Waals surface area contributed by atoms with Crippen LogP contribution in [0.15, 0.2) is 52.4 Å². The average Bonchev–Trinajstić information content (AvgIpc) is 3.00. The fourth-order valence-electron chi connectivity index (χ4n) is 2.48. The number of aliphatic imine (C=N–C) groups is 1. The van der Waals surface area contributed by atoms with Gasteiger partial charge in [0, 0.05) is 11.6 Å². The second-order valence-electron chi connectivity index (χ2n) is 5.60. The van der Waals surface area contributed by atoms with Crippen LogP contribution in [0.5, 0.6) is 11.5 Å². The Morgan fingerprint density at radius 2 is 1.86 bits per heavy atom. The number of amidine groups is 1. The van der Waals surface area contributed by atoms with E-state index in [-0.39, 0.29) is 15.8 Å². The monoisotopic (exact) mass is 408 g/mol. The van der Waals surface area contributed by atoms with Gasteiger partial charge in [-0.05, 0) is 42.1 Å². The predicted molar refractivity (Wildman–Crippen MR) is 102 cm³/mol. The summed E-state index contributed by atoms with van der Waals surface area (Å²) in [5, 5.41) is 2.55. The number of para-hydroxylation sites is 1. The van der Waals surface area contributed by atoms with E-state index in [4.69, 9.17) is 9.47 Å². The molecule has 1 saturated heterocycles. The first-order valence-corrected chi connectivity index (χ1v) is 8.81. The molecular weight excluding hydrogens is 393 g/mol. The highest BCUT2D eigenvalue weighted by Gasteiger charge is 2.34. The zero-order valence-electron chi connectivity index (χ0n) is 14.8. The second-order valence-corrected chi connectivity index (χ2v) is 6.64. The number of hydrogen-bond acceptors (Lipinski definition) is 5. The van der Waals surface area contributed by atoms with Crippen LogP contribution in [0.1, 0.15) is 11.1 Å². The largest absolute Gasteiger partial charge is 0.497 e. The molecule has 2 aromatic rings. The Hall–Kier alpha value is -2.94. The molecule has 0 radical (unpaired) electrons. The Morgan fingerprint density at radius 3 is 2.54 bits per heavy atom. The van der Waals surface area contributed by atoms with Crippen molar-refractivity contribution in [2.24, 2.45) is 4.99 Å². The summed E-state index contributed by atoms with van der Waals surface area (Å²) >= 11 is 0.953. The first-order valence-electron chi connectivity index (χ1n) is 7.99. The summed E-state index contributed by atoms with van der Waals surface area (Å²) in [6.07, 6.45) is -2.96. The first-order chi connectivity index (χ1) is 13.3. The van der Waals surface area contributed by atoms with Gasteiger partial charge in [-0.25, -0.2) is 4.99 Å². The lowest BCUT2D eigenvalue weighted by atomic mass is 10.1. The molecule has 0 aliphatic carbocycles. The van der Waals surface area contributed by atoms with Crippen molar-refractivity contribution in [1.29, 1.82) is 0 Å². The van der Waals surface area contributed by atoms with Crippen LogP contribution in [0, 0.1) is 0 Å². The average molecular weight is 408 g/mol. The number of nitrogens with one attached hydrogen (secondary N) is 1. The van der Waals surface area contributed by atoms with E-state index in [0.29, 0.717) is 17.1 Å². The molecule has 9 heteroatoms. The van der Waals surface area contributed by atoms with Gasteiger partial charge in [0.2, 0.25) is 0 Å². The Bertz CT molecular complexity index is 971. The van der Waals surface area contributed by atoms with Crippen LogP contribution in [-0.2, 0) is 11.0 Å². The molecule has 0 spiro atoms. The lowest BCUT2D eigenvalue weighted by Crippen LogP contribution is -2.19. The summed E-state index contributed by atoms with van der Waals surface area (Å²) in [7, 11) is 3.01. The minimum Gasteiger partial charge on any atom is -0.497 e. The molecule has 0 atom stereocenters. The van der Waals surface area contributed by atoms with Crippen molar-refractivity contribution in [1.82, 2.24) is 5.32 Å². The SMILES string of the molecule is COc1ccc(/C=C2\SC(=Nc3ccccc3C(F)(F)F)NC2=O)c(OC)c1. The van der Waals surface area contributed by atoms with Crippen molar-refractivity contribution in [3.05, 3.63) is 58.5 Å². The summed E-state index contributed by atoms with van der Waals surface area (Å²) < 4.78 is 49.7. The lowest BCUT2D eigenvalue weighted by molar-refractivity contribution is -0.137. The van der Waals surface area contributed by atoms with Gasteiger partial charge >= 0.3 is 6.18 Å². The van der Waals surface area contributed by atoms with Crippen LogP contribution < -0.4 is 14.8 Å². The highest BCUT2D eigenvalue weighted by Crippen LogP contribution is 2.38. The normalized spacial score (nSPS) is 17.1. The molecule has 1 amide bonds. The smallest absolute Gasteiger partial charge is 0.418 e. The van der Waals surface area contributed by atoms with E-state index in [1.54, 1.807) is 24.3 Å². The third-order valence-corrected chi connectivity index (χ3v) is 4.72. The molecule has 28 heavy (non-hydrogen) atoms. The molecular formula is C19H15F3N2O3S. The number of rotatable bonds is 4. The molecule has 1 aliphatic rings. The summed E-state index contributed by atoms with van der Waals surface area (Å²) in [5.41, 5.74) is -0.509. The van der Waals surface area contributed by atoms with Gasteiger partial charge in [-0.15, -0.1) is 0 Å². The Labute approximate surface area is 163 Å². The second kappa shape index (κ2) is 7.97. The van der Waals surface area contributed by atoms with Crippen molar-refractivity contribution >= 4 is 34.6 Å². The van der Waals surface area contributed by atoms with Gasteiger partial charge in [0.1, 0.15) is 11.5 Å². The predicted octanol–water partition coefficient (Wildman–Crippen LogP) is 4.61. The standard InChI is InChI=1S/C19H15F3N2O3S/c1-26-12-8-7-11(15(10-12)27-2)9-16-17(25)24-18(28-16)23-14-6-4-3-5-13(14)19(20,21)22/h3-10H,1-2H3,(H,23,24,25)/b16-9-. The van der Waals surface area contributed by atoms with Crippen molar-refractivity contribution in [2.45, 2.75) is 6.18 Å². The molecule has 1 N–H and O–H groups in total. The Balaban J connectivity index is 1.91. The zero-order valence-corrected chi connectivity index (χ0v) is 15.6. The molecule has 5 nitrogen and oxygen atoms in total. The van der Waals surface area contributed by atoms with Crippen LogP contribution >= 0.6 is 11.8 Å². The van der Waals surface area contributed by atoms with E-state index in [2.05, 4.69) is 10.3 Å². The van der Waals surface area contributed by atoms with Gasteiger partial charge in [0.15, 0.2) is 5.17 Å². The third kappa shape index (κ3) is 4.30. The van der Waals surface area contributed by atoms with E-state index < -0.39 is 17.6 Å². The summed E-state index contributed by atoms with van der Waals surface area (Å²) in [6, 6.07) is 10.0. The highest BCUT2D eigenvalue weighted by molar-refractivity contribution is 8.18. The van der Waals surface area contributed by atoms with E-state index >= 15 is 0 Å². The minimum atomic E-state index is -4.54. The minimum absolute atomic E-state index is 0.0698. The number of carbonyl (C=O) groups excluding carboxylic acids is 1. The van der Waals surface area contributed by atoms with Crippen molar-refractivity contribution < 1.29 is 27.4 Å². The fraction of sp³-hybridized carbons (Fsp3) is 0.158. The molecule has 0 bridgehead atoms. The lowest BCUT2D eigenvalue weighted by Gasteiger charge is -2.09. The molecule has 2 aromatic carbocycles. The van der Waals surface area contributed by atoms with Crippen LogP contribution in [0.2, 0.25) is 0 Å². The Kier molecular flexibility index (Phi) is 5.64. The van der Waals surface area contributed by atoms with E-state index in [9.17, 15) is 18.0 Å². The summed E-state index contributed by atoms with van der Waals surface area (Å²) in [4.78, 5) is 16.5. The quantitative estimate of drug-likeness (QED) is 0.751. The van der Waals surface area contributed by atoms with Crippen LogP contribution in [0.3, 0.4) is 0 Å². The maximum absolute atomic E-state index is 13.1. The fourth-order valence-corrected chi connectivity index (χ4v) is 3.31. The van der Waals surface area contributed by atoms with Gasteiger partial charge in [0.25, 0.3) is 5.91 Å². The maximum Gasteiger partial charge on any atom is 0.418 e. The van der Waals surface area contributed by atoms with Gasteiger partial charge in [0.05, 0.1) is 30.4 Å². The summed E-state index contributed by atoms with van der Waals surface area (Å²) in [6.45, 7) is 0. The number of amides is 1. The van der Waals surface area contributed by atoms with Crippen molar-refractivity contribution in [2.75, 3.05) is 14.2 Å². The number of benzene rings is 2. The number of hydrogen-bond donors (Lipinski definition) is 1. The zero-order chi connectivity index (χ0) is 20.3. The van der Waals surface area contributed by atoms with Crippen molar-refractivity contribution in [3.63, 3.8) is 0 Å². The molecule has 1 fully saturated rings. The Morgan fingerprint density at radius 1 is 1.11 bits per heavy atom. The number of nitrogens with zero attached hydrogens (tertiary/aromatic N) is 1. The number of alkyl halides is 3. The van der Waals surface area contributed by atoms with Crippen LogP contribution in [-0.4, -0.2) is 25.3 Å². The first kappa shape index (κ1) is 19.8. The number of carbonyl (C=O) groups is 1. The van der Waals surface area contributed by atoms with Crippen LogP contribution in [0.25, 0.3) is 6.08 Å². The number of methoxy groups -OCH3 is 2. The maximum atomic E-state index is 13.1. The van der Waals surface area contributed by atoms with Crippen molar-refractivity contribution in [3.8, 4) is 11.5 Å². The summed E-state index contributed by atoms with van der Waals surface area (Å²) in [5.74, 6) is 0.632. The van der Waals surface area contributed by atoms with Gasteiger partial charge in [-0.1, -0.05) is 12.1 Å². The molecule has 0 unspecified atom stereocenters.